The number of carbonyl (C=O) groups excluding carboxylic acids is 1. The molecule has 148 valence electrons. The maximum atomic E-state index is 12.5. The number of rotatable bonds is 3. The van der Waals surface area contributed by atoms with Gasteiger partial charge < -0.3 is 15.1 Å². The Bertz CT molecular complexity index is 850. The van der Waals surface area contributed by atoms with Crippen molar-refractivity contribution in [2.75, 3.05) is 21.7 Å². The van der Waals surface area contributed by atoms with Crippen LogP contribution in [0.5, 0.6) is 0 Å². The second-order valence-corrected chi connectivity index (χ2v) is 8.40. The number of anilines is 3. The van der Waals surface area contributed by atoms with E-state index in [-0.39, 0.29) is 18.0 Å². The molecule has 1 saturated heterocycles. The normalized spacial score (nSPS) is 26.9. The summed E-state index contributed by atoms with van der Waals surface area (Å²) in [6.45, 7) is 9.49. The van der Waals surface area contributed by atoms with E-state index in [9.17, 15) is 4.79 Å². The first-order valence-corrected chi connectivity index (χ1v) is 10.5. The molecular weight excluding hydrogens is 346 g/mol. The third-order valence-electron chi connectivity index (χ3n) is 6.62. The van der Waals surface area contributed by atoms with Crippen LogP contribution in [0.4, 0.5) is 17.1 Å². The van der Waals surface area contributed by atoms with Crippen LogP contribution in [-0.2, 0) is 4.79 Å². The minimum absolute atomic E-state index is 0.112. The lowest BCUT2D eigenvalue weighted by atomic mass is 9.82. The van der Waals surface area contributed by atoms with Gasteiger partial charge >= 0.3 is 0 Å². The number of hydrogen-bond donors (Lipinski definition) is 1. The average Bonchev–Trinajstić information content (AvgIpc) is 3.12. The summed E-state index contributed by atoms with van der Waals surface area (Å²) in [5.74, 6) is 0.406. The predicted octanol–water partition coefficient (Wildman–Crippen LogP) is 5.22. The van der Waals surface area contributed by atoms with Crippen LogP contribution in [0, 0.1) is 5.92 Å². The fourth-order valence-electron chi connectivity index (χ4n) is 4.90. The highest BCUT2D eigenvalue weighted by Crippen LogP contribution is 2.44. The summed E-state index contributed by atoms with van der Waals surface area (Å²) in [7, 11) is 0. The minimum atomic E-state index is 0.112. The first-order valence-electron chi connectivity index (χ1n) is 10.5. The number of amides is 1. The van der Waals surface area contributed by atoms with Crippen LogP contribution < -0.4 is 15.1 Å². The van der Waals surface area contributed by atoms with Crippen LogP contribution >= 0.6 is 0 Å². The fraction of sp³-hybridized carbons (Fsp3) is 0.458. The smallest absolute Gasteiger partial charge is 0.224 e. The highest BCUT2D eigenvalue weighted by atomic mass is 16.2. The van der Waals surface area contributed by atoms with Gasteiger partial charge in [0.25, 0.3) is 0 Å². The summed E-state index contributed by atoms with van der Waals surface area (Å²) >= 11 is 0. The fourth-order valence-corrected chi connectivity index (χ4v) is 4.90. The molecule has 28 heavy (non-hydrogen) atoms. The zero-order valence-electron chi connectivity index (χ0n) is 17.4. The van der Waals surface area contributed by atoms with Gasteiger partial charge in [0.05, 0.1) is 6.04 Å². The van der Waals surface area contributed by atoms with Crippen LogP contribution in [0.3, 0.4) is 0 Å². The molecule has 4 rings (SSSR count). The van der Waals surface area contributed by atoms with E-state index in [4.69, 9.17) is 0 Å². The lowest BCUT2D eigenvalue weighted by Gasteiger charge is -2.44. The Morgan fingerprint density at radius 1 is 1.07 bits per heavy atom. The number of hydrogen-bond acceptors (Lipinski definition) is 3. The first-order chi connectivity index (χ1) is 13.5. The Morgan fingerprint density at radius 2 is 1.82 bits per heavy atom. The summed E-state index contributed by atoms with van der Waals surface area (Å²) < 4.78 is 0. The van der Waals surface area contributed by atoms with E-state index in [0.717, 1.165) is 17.9 Å². The molecule has 2 heterocycles. The quantitative estimate of drug-likeness (QED) is 0.796. The van der Waals surface area contributed by atoms with E-state index >= 15 is 0 Å². The molecule has 2 aliphatic heterocycles. The molecule has 4 atom stereocenters. The molecule has 0 radical (unpaired) electrons. The molecule has 0 spiro atoms. The topological polar surface area (TPSA) is 35.6 Å². The van der Waals surface area contributed by atoms with Crippen molar-refractivity contribution < 1.29 is 4.79 Å². The third-order valence-corrected chi connectivity index (χ3v) is 6.62. The zero-order chi connectivity index (χ0) is 19.8. The maximum Gasteiger partial charge on any atom is 0.224 e. The summed E-state index contributed by atoms with van der Waals surface area (Å²) in [6, 6.07) is 17.9. The van der Waals surface area contributed by atoms with Gasteiger partial charge in [0.2, 0.25) is 5.91 Å². The SMILES string of the molecule is CC(=O)N1c2ccc(N3CCCC3C)cc2C(Nc2ccccc2)[C@@H](C)[C@@H]1C. The molecule has 0 bridgehead atoms. The molecule has 0 aromatic heterocycles. The molecular formula is C24H31N3O. The summed E-state index contributed by atoms with van der Waals surface area (Å²) in [6.07, 6.45) is 2.49. The van der Waals surface area contributed by atoms with Crippen LogP contribution in [0.2, 0.25) is 0 Å². The highest BCUT2D eigenvalue weighted by molar-refractivity contribution is 5.94. The third kappa shape index (κ3) is 3.25. The largest absolute Gasteiger partial charge is 0.378 e. The zero-order valence-corrected chi connectivity index (χ0v) is 17.4. The molecule has 2 unspecified atom stereocenters. The van der Waals surface area contributed by atoms with Gasteiger partial charge in [-0.05, 0) is 57.0 Å². The van der Waals surface area contributed by atoms with Crippen molar-refractivity contribution in [1.82, 2.24) is 0 Å². The van der Waals surface area contributed by atoms with Crippen LogP contribution in [0.1, 0.15) is 52.1 Å². The number of benzene rings is 2. The van der Waals surface area contributed by atoms with Crippen molar-refractivity contribution in [1.29, 1.82) is 0 Å². The highest BCUT2D eigenvalue weighted by Gasteiger charge is 2.38. The maximum absolute atomic E-state index is 12.5. The number of carbonyl (C=O) groups is 1. The van der Waals surface area contributed by atoms with Crippen LogP contribution in [0.15, 0.2) is 48.5 Å². The second kappa shape index (κ2) is 7.50. The van der Waals surface area contributed by atoms with Crippen LogP contribution in [0.25, 0.3) is 0 Å². The molecule has 2 aromatic rings. The Morgan fingerprint density at radius 3 is 2.46 bits per heavy atom. The molecule has 2 aliphatic rings. The molecule has 1 N–H and O–H groups in total. The number of nitrogens with one attached hydrogen (secondary N) is 1. The number of fused-ring (bicyclic) bond motifs is 1. The van der Waals surface area contributed by atoms with Crippen molar-refractivity contribution in [3.63, 3.8) is 0 Å². The number of para-hydroxylation sites is 1. The van der Waals surface area contributed by atoms with Gasteiger partial charge in [0.15, 0.2) is 0 Å². The summed E-state index contributed by atoms with van der Waals surface area (Å²) in [5, 5.41) is 3.75. The summed E-state index contributed by atoms with van der Waals surface area (Å²) in [5.41, 5.74) is 4.66. The van der Waals surface area contributed by atoms with Gasteiger partial charge in [-0.15, -0.1) is 0 Å². The Labute approximate surface area is 168 Å². The van der Waals surface area contributed by atoms with Gasteiger partial charge in [-0.1, -0.05) is 25.1 Å². The van der Waals surface area contributed by atoms with E-state index in [0.29, 0.717) is 12.0 Å². The van der Waals surface area contributed by atoms with Gasteiger partial charge in [-0.3, -0.25) is 4.79 Å². The lowest BCUT2D eigenvalue weighted by Crippen LogP contribution is -2.48. The standard InChI is InChI=1S/C24H31N3O/c1-16-9-8-14-26(16)21-12-13-23-22(15-21)24(25-20-10-6-5-7-11-20)17(2)18(3)27(23)19(4)28/h5-7,10-13,15-18,24-25H,8-9,14H2,1-4H3/t16?,17-,18-,24?/m0/s1. The van der Waals surface area contributed by atoms with Gasteiger partial charge in [-0.2, -0.15) is 0 Å². The first kappa shape index (κ1) is 18.9. The molecule has 4 nitrogen and oxygen atoms in total. The van der Waals surface area contributed by atoms with Gasteiger partial charge in [0.1, 0.15) is 0 Å². The van der Waals surface area contributed by atoms with E-state index < -0.39 is 0 Å². The average molecular weight is 378 g/mol. The van der Waals surface area contributed by atoms with Crippen molar-refractivity contribution >= 4 is 23.0 Å². The lowest BCUT2D eigenvalue weighted by molar-refractivity contribution is -0.117. The Hall–Kier alpha value is -2.49. The Balaban J connectivity index is 1.79. The van der Waals surface area contributed by atoms with Crippen molar-refractivity contribution in [3.05, 3.63) is 54.1 Å². The van der Waals surface area contributed by atoms with E-state index in [2.05, 4.69) is 73.5 Å². The Kier molecular flexibility index (Phi) is 5.05. The van der Waals surface area contributed by atoms with E-state index in [1.54, 1.807) is 6.92 Å². The van der Waals surface area contributed by atoms with E-state index in [1.165, 1.54) is 24.1 Å². The molecule has 4 heteroatoms. The van der Waals surface area contributed by atoms with Gasteiger partial charge in [-0.25, -0.2) is 0 Å². The summed E-state index contributed by atoms with van der Waals surface area (Å²) in [4.78, 5) is 16.9. The molecule has 1 amide bonds. The minimum Gasteiger partial charge on any atom is -0.378 e. The van der Waals surface area contributed by atoms with E-state index in [1.807, 2.05) is 11.0 Å². The van der Waals surface area contributed by atoms with Crippen LogP contribution in [-0.4, -0.2) is 24.5 Å². The second-order valence-electron chi connectivity index (χ2n) is 8.40. The predicted molar refractivity (Wildman–Crippen MR) is 117 cm³/mol. The van der Waals surface area contributed by atoms with Crippen molar-refractivity contribution in [3.8, 4) is 0 Å². The molecule has 2 aromatic carbocycles. The van der Waals surface area contributed by atoms with Crippen molar-refractivity contribution in [2.24, 2.45) is 5.92 Å². The van der Waals surface area contributed by atoms with Gasteiger partial charge in [0, 0.05) is 54.1 Å². The molecule has 1 fully saturated rings. The van der Waals surface area contributed by atoms with Crippen molar-refractivity contribution in [2.45, 2.75) is 58.7 Å². The molecule has 0 aliphatic carbocycles. The molecule has 0 saturated carbocycles. The number of nitrogens with zero attached hydrogens (tertiary/aromatic N) is 2. The monoisotopic (exact) mass is 377 g/mol.